The number of hydrogen-bond donors (Lipinski definition) is 1. The zero-order valence-electron chi connectivity index (χ0n) is 12.0. The zero-order chi connectivity index (χ0) is 14.0. The van der Waals surface area contributed by atoms with Crippen molar-refractivity contribution in [3.8, 4) is 0 Å². The van der Waals surface area contributed by atoms with Crippen LogP contribution in [-0.4, -0.2) is 68.6 Å². The maximum atomic E-state index is 12.1. The van der Waals surface area contributed by atoms with Crippen LogP contribution in [0.15, 0.2) is 0 Å². The minimum Gasteiger partial charge on any atom is -0.342 e. The highest BCUT2D eigenvalue weighted by atomic mass is 35.5. The van der Waals surface area contributed by atoms with Gasteiger partial charge in [-0.05, 0) is 12.8 Å². The summed E-state index contributed by atoms with van der Waals surface area (Å²) in [5.41, 5.74) is 0. The van der Waals surface area contributed by atoms with Gasteiger partial charge in [0.2, 0.25) is 15.9 Å². The molecule has 20 heavy (non-hydrogen) atoms. The van der Waals surface area contributed by atoms with Gasteiger partial charge in [0.05, 0.1) is 12.2 Å². The average Bonchev–Trinajstić information content (AvgIpc) is 2.26. The molecule has 2 heterocycles. The highest BCUT2D eigenvalue weighted by Crippen LogP contribution is 2.21. The van der Waals surface area contributed by atoms with Crippen LogP contribution in [0.4, 0.5) is 0 Å². The van der Waals surface area contributed by atoms with Crippen molar-refractivity contribution >= 4 is 28.3 Å². The number of piperidine rings is 1. The van der Waals surface area contributed by atoms with Crippen LogP contribution in [0.25, 0.3) is 0 Å². The molecule has 118 valence electrons. The molecule has 2 saturated heterocycles. The Balaban J connectivity index is 0.00000200. The van der Waals surface area contributed by atoms with E-state index in [-0.39, 0.29) is 30.3 Å². The van der Waals surface area contributed by atoms with E-state index in [4.69, 9.17) is 0 Å². The Morgan fingerprint density at radius 2 is 1.85 bits per heavy atom. The van der Waals surface area contributed by atoms with Crippen molar-refractivity contribution in [2.75, 3.05) is 39.0 Å². The second-order valence-corrected chi connectivity index (χ2v) is 7.31. The molecule has 2 aliphatic heterocycles. The Hall–Kier alpha value is -0.370. The van der Waals surface area contributed by atoms with Crippen LogP contribution in [-0.2, 0) is 14.8 Å². The number of hydrogen-bond acceptors (Lipinski definition) is 4. The smallest absolute Gasteiger partial charge is 0.228 e. The third kappa shape index (κ3) is 3.84. The summed E-state index contributed by atoms with van der Waals surface area (Å²) in [6.07, 6.45) is 2.74. The first-order valence-corrected chi connectivity index (χ1v) is 8.74. The molecule has 0 aromatic rings. The standard InChI is InChI=1S/C12H23N3O3S.ClH/c1-3-15(19(2,17)18)11-4-6-14(7-5-11)12(16)10-8-13-9-10;/h10-11,13H,3-9H2,1-2H3;1H. The third-order valence-electron chi connectivity index (χ3n) is 4.05. The number of carbonyl (C=O) groups excluding carboxylic acids is 1. The van der Waals surface area contributed by atoms with Gasteiger partial charge in [-0.1, -0.05) is 6.92 Å². The largest absolute Gasteiger partial charge is 0.342 e. The molecule has 2 fully saturated rings. The highest BCUT2D eigenvalue weighted by Gasteiger charge is 2.34. The summed E-state index contributed by atoms with van der Waals surface area (Å²) in [6, 6.07) is 0.0450. The number of likely N-dealkylation sites (tertiary alicyclic amines) is 1. The Labute approximate surface area is 127 Å². The second kappa shape index (κ2) is 7.06. The van der Waals surface area contributed by atoms with E-state index in [1.807, 2.05) is 11.8 Å². The Kier molecular flexibility index (Phi) is 6.25. The van der Waals surface area contributed by atoms with E-state index in [0.717, 1.165) is 25.9 Å². The summed E-state index contributed by atoms with van der Waals surface area (Å²) < 4.78 is 24.9. The molecule has 1 N–H and O–H groups in total. The van der Waals surface area contributed by atoms with E-state index in [2.05, 4.69) is 5.32 Å². The average molecular weight is 326 g/mol. The predicted octanol–water partition coefficient (Wildman–Crippen LogP) is -0.0999. The van der Waals surface area contributed by atoms with Crippen molar-refractivity contribution in [2.45, 2.75) is 25.8 Å². The number of rotatable bonds is 4. The van der Waals surface area contributed by atoms with E-state index < -0.39 is 10.0 Å². The zero-order valence-corrected chi connectivity index (χ0v) is 13.7. The van der Waals surface area contributed by atoms with E-state index >= 15 is 0 Å². The van der Waals surface area contributed by atoms with Gasteiger partial charge in [-0.3, -0.25) is 4.79 Å². The molecular formula is C12H24ClN3O3S. The number of sulfonamides is 1. The minimum atomic E-state index is -3.14. The van der Waals surface area contributed by atoms with Crippen LogP contribution in [0, 0.1) is 5.92 Å². The van der Waals surface area contributed by atoms with Crippen molar-refractivity contribution in [2.24, 2.45) is 5.92 Å². The van der Waals surface area contributed by atoms with Crippen molar-refractivity contribution in [3.05, 3.63) is 0 Å². The molecule has 0 bridgehead atoms. The molecule has 0 spiro atoms. The number of nitrogens with one attached hydrogen (secondary N) is 1. The van der Waals surface area contributed by atoms with E-state index in [1.54, 1.807) is 4.31 Å². The number of amides is 1. The lowest BCUT2D eigenvalue weighted by molar-refractivity contribution is -0.138. The second-order valence-electron chi connectivity index (χ2n) is 5.38. The van der Waals surface area contributed by atoms with Crippen LogP contribution >= 0.6 is 12.4 Å². The molecule has 2 rings (SSSR count). The molecular weight excluding hydrogens is 302 g/mol. The Morgan fingerprint density at radius 3 is 2.20 bits per heavy atom. The summed E-state index contributed by atoms with van der Waals surface area (Å²) in [7, 11) is -3.14. The Bertz CT molecular complexity index is 431. The molecule has 0 aromatic heterocycles. The molecule has 0 unspecified atom stereocenters. The summed E-state index contributed by atoms with van der Waals surface area (Å²) in [5, 5.41) is 3.10. The maximum absolute atomic E-state index is 12.1. The van der Waals surface area contributed by atoms with E-state index in [0.29, 0.717) is 19.6 Å². The lowest BCUT2D eigenvalue weighted by Gasteiger charge is -2.39. The third-order valence-corrected chi connectivity index (χ3v) is 5.46. The fourth-order valence-electron chi connectivity index (χ4n) is 2.86. The van der Waals surface area contributed by atoms with Gasteiger partial charge >= 0.3 is 0 Å². The van der Waals surface area contributed by atoms with Gasteiger partial charge in [0, 0.05) is 38.8 Å². The van der Waals surface area contributed by atoms with Crippen molar-refractivity contribution in [3.63, 3.8) is 0 Å². The van der Waals surface area contributed by atoms with Crippen LogP contribution in [0.5, 0.6) is 0 Å². The number of nitrogens with zero attached hydrogens (tertiary/aromatic N) is 2. The topological polar surface area (TPSA) is 69.7 Å². The van der Waals surface area contributed by atoms with Gasteiger partial charge in [-0.15, -0.1) is 12.4 Å². The van der Waals surface area contributed by atoms with Gasteiger partial charge in [-0.2, -0.15) is 4.31 Å². The first-order valence-electron chi connectivity index (χ1n) is 6.89. The highest BCUT2D eigenvalue weighted by molar-refractivity contribution is 7.88. The molecule has 6 nitrogen and oxygen atoms in total. The summed E-state index contributed by atoms with van der Waals surface area (Å²) in [5.74, 6) is 0.355. The number of carbonyl (C=O) groups is 1. The number of halogens is 1. The van der Waals surface area contributed by atoms with E-state index in [1.165, 1.54) is 6.26 Å². The van der Waals surface area contributed by atoms with Gasteiger partial charge in [-0.25, -0.2) is 8.42 Å². The lowest BCUT2D eigenvalue weighted by Crippen LogP contribution is -2.55. The van der Waals surface area contributed by atoms with E-state index in [9.17, 15) is 13.2 Å². The predicted molar refractivity (Wildman–Crippen MR) is 80.4 cm³/mol. The molecule has 0 atom stereocenters. The quantitative estimate of drug-likeness (QED) is 0.783. The molecule has 0 radical (unpaired) electrons. The fraction of sp³-hybridized carbons (Fsp3) is 0.917. The summed E-state index contributed by atoms with van der Waals surface area (Å²) in [6.45, 7) is 5.27. The van der Waals surface area contributed by atoms with Gasteiger partial charge in [0.25, 0.3) is 0 Å². The molecule has 0 aliphatic carbocycles. The first-order chi connectivity index (χ1) is 8.93. The molecule has 0 saturated carbocycles. The molecule has 1 amide bonds. The normalized spacial score (nSPS) is 21.4. The van der Waals surface area contributed by atoms with Gasteiger partial charge in [0.1, 0.15) is 0 Å². The first kappa shape index (κ1) is 17.7. The minimum absolute atomic E-state index is 0. The molecule has 0 aromatic carbocycles. The molecule has 2 aliphatic rings. The van der Waals surface area contributed by atoms with Crippen molar-refractivity contribution in [1.82, 2.24) is 14.5 Å². The SMILES string of the molecule is CCN(C1CCN(C(=O)C2CNC2)CC1)S(C)(=O)=O.Cl. The van der Waals surface area contributed by atoms with Crippen molar-refractivity contribution in [1.29, 1.82) is 0 Å². The van der Waals surface area contributed by atoms with Gasteiger partial charge < -0.3 is 10.2 Å². The van der Waals surface area contributed by atoms with Crippen molar-refractivity contribution < 1.29 is 13.2 Å². The van der Waals surface area contributed by atoms with Gasteiger partial charge in [0.15, 0.2) is 0 Å². The lowest BCUT2D eigenvalue weighted by atomic mass is 9.98. The molecule has 8 heteroatoms. The monoisotopic (exact) mass is 325 g/mol. The van der Waals surface area contributed by atoms with Crippen LogP contribution in [0.2, 0.25) is 0 Å². The van der Waals surface area contributed by atoms with Crippen LogP contribution in [0.3, 0.4) is 0 Å². The summed E-state index contributed by atoms with van der Waals surface area (Å²) >= 11 is 0. The van der Waals surface area contributed by atoms with Crippen LogP contribution < -0.4 is 5.32 Å². The Morgan fingerprint density at radius 1 is 1.30 bits per heavy atom. The summed E-state index contributed by atoms with van der Waals surface area (Å²) in [4.78, 5) is 14.0. The van der Waals surface area contributed by atoms with Crippen LogP contribution in [0.1, 0.15) is 19.8 Å². The fourth-order valence-corrected chi connectivity index (χ4v) is 4.08. The maximum Gasteiger partial charge on any atom is 0.228 e.